The van der Waals surface area contributed by atoms with E-state index in [1.807, 2.05) is 0 Å². The molecule has 1 aromatic heterocycles. The lowest BCUT2D eigenvalue weighted by Gasteiger charge is -2.10. The minimum Gasteiger partial charge on any atom is -0.475 e. The van der Waals surface area contributed by atoms with Crippen LogP contribution in [0, 0.1) is 0 Å². The molecule has 2 N–H and O–H groups in total. The zero-order valence-corrected chi connectivity index (χ0v) is 11.1. The average Bonchev–Trinajstić information content (AvgIpc) is 2.98. The SMILES string of the molecule is O=C(CS(=O)c1ccc(C(=O)O)o1)NC1CCCC1. The first-order chi connectivity index (χ1) is 9.06. The van der Waals surface area contributed by atoms with Crippen LogP contribution >= 0.6 is 0 Å². The van der Waals surface area contributed by atoms with Crippen molar-refractivity contribution in [3.05, 3.63) is 17.9 Å². The molecule has 7 heteroatoms. The van der Waals surface area contributed by atoms with E-state index in [4.69, 9.17) is 9.52 Å². The van der Waals surface area contributed by atoms with Gasteiger partial charge in [0.15, 0.2) is 5.09 Å². The van der Waals surface area contributed by atoms with E-state index in [2.05, 4.69) is 5.32 Å². The van der Waals surface area contributed by atoms with Crippen molar-refractivity contribution in [3.63, 3.8) is 0 Å². The number of amides is 1. The maximum Gasteiger partial charge on any atom is 0.371 e. The number of carbonyl (C=O) groups is 2. The number of rotatable bonds is 5. The largest absolute Gasteiger partial charge is 0.475 e. The molecule has 0 bridgehead atoms. The molecular weight excluding hydrogens is 270 g/mol. The molecule has 1 fully saturated rings. The van der Waals surface area contributed by atoms with Gasteiger partial charge in [-0.3, -0.25) is 9.00 Å². The predicted molar refractivity (Wildman–Crippen MR) is 67.3 cm³/mol. The van der Waals surface area contributed by atoms with Crippen LogP contribution in [0.1, 0.15) is 36.2 Å². The van der Waals surface area contributed by atoms with Gasteiger partial charge in [0.25, 0.3) is 0 Å². The third-order valence-corrected chi connectivity index (χ3v) is 4.19. The molecule has 1 aromatic rings. The van der Waals surface area contributed by atoms with Crippen molar-refractivity contribution in [2.75, 3.05) is 5.75 Å². The Morgan fingerprint density at radius 3 is 2.63 bits per heavy atom. The van der Waals surface area contributed by atoms with E-state index >= 15 is 0 Å². The summed E-state index contributed by atoms with van der Waals surface area (Å²) in [6.45, 7) is 0. The van der Waals surface area contributed by atoms with Crippen LogP contribution in [0.3, 0.4) is 0 Å². The fraction of sp³-hybridized carbons (Fsp3) is 0.500. The third kappa shape index (κ3) is 3.66. The molecule has 1 aliphatic carbocycles. The molecular formula is C12H15NO5S. The number of nitrogens with one attached hydrogen (secondary N) is 1. The number of hydrogen-bond acceptors (Lipinski definition) is 4. The Hall–Kier alpha value is -1.63. The normalized spacial score (nSPS) is 17.3. The van der Waals surface area contributed by atoms with Crippen LogP contribution in [-0.2, 0) is 15.6 Å². The lowest BCUT2D eigenvalue weighted by molar-refractivity contribution is -0.119. The highest BCUT2D eigenvalue weighted by atomic mass is 32.2. The van der Waals surface area contributed by atoms with Gasteiger partial charge in [0.2, 0.25) is 11.7 Å². The molecule has 0 aliphatic heterocycles. The fourth-order valence-electron chi connectivity index (χ4n) is 2.09. The molecule has 104 valence electrons. The molecule has 6 nitrogen and oxygen atoms in total. The number of furan rings is 1. The fourth-order valence-corrected chi connectivity index (χ4v) is 2.95. The average molecular weight is 285 g/mol. The first-order valence-electron chi connectivity index (χ1n) is 6.07. The highest BCUT2D eigenvalue weighted by Gasteiger charge is 2.20. The van der Waals surface area contributed by atoms with Gasteiger partial charge in [0.1, 0.15) is 5.75 Å². The number of carbonyl (C=O) groups excluding carboxylic acids is 1. The van der Waals surface area contributed by atoms with Gasteiger partial charge >= 0.3 is 5.97 Å². The van der Waals surface area contributed by atoms with Gasteiger partial charge in [0, 0.05) is 6.04 Å². The van der Waals surface area contributed by atoms with E-state index in [1.54, 1.807) is 0 Å². The van der Waals surface area contributed by atoms with Crippen LogP contribution in [0.2, 0.25) is 0 Å². The van der Waals surface area contributed by atoms with Crippen molar-refractivity contribution >= 4 is 22.7 Å². The molecule has 1 saturated carbocycles. The molecule has 1 atom stereocenters. The molecule has 1 heterocycles. The summed E-state index contributed by atoms with van der Waals surface area (Å²) in [6, 6.07) is 2.73. The smallest absolute Gasteiger partial charge is 0.371 e. The van der Waals surface area contributed by atoms with Crippen LogP contribution in [0.4, 0.5) is 0 Å². The summed E-state index contributed by atoms with van der Waals surface area (Å²) in [7, 11) is -1.65. The van der Waals surface area contributed by atoms with E-state index in [0.717, 1.165) is 25.7 Å². The van der Waals surface area contributed by atoms with Crippen molar-refractivity contribution in [1.29, 1.82) is 0 Å². The summed E-state index contributed by atoms with van der Waals surface area (Å²) in [5, 5.41) is 11.5. The Morgan fingerprint density at radius 1 is 1.37 bits per heavy atom. The lowest BCUT2D eigenvalue weighted by Crippen LogP contribution is -2.35. The van der Waals surface area contributed by atoms with E-state index in [0.29, 0.717) is 0 Å². The number of carboxylic acids is 1. The van der Waals surface area contributed by atoms with Gasteiger partial charge in [-0.2, -0.15) is 0 Å². The van der Waals surface area contributed by atoms with Crippen molar-refractivity contribution in [2.24, 2.45) is 0 Å². The highest BCUT2D eigenvalue weighted by molar-refractivity contribution is 7.85. The van der Waals surface area contributed by atoms with Crippen LogP contribution in [0.15, 0.2) is 21.6 Å². The molecule has 0 aromatic carbocycles. The lowest BCUT2D eigenvalue weighted by atomic mass is 10.2. The van der Waals surface area contributed by atoms with Crippen LogP contribution in [0.5, 0.6) is 0 Å². The van der Waals surface area contributed by atoms with Gasteiger partial charge in [-0.15, -0.1) is 0 Å². The molecule has 1 aliphatic rings. The van der Waals surface area contributed by atoms with Crippen LogP contribution < -0.4 is 5.32 Å². The minimum absolute atomic E-state index is 0.0129. The van der Waals surface area contributed by atoms with E-state index < -0.39 is 16.8 Å². The first kappa shape index (κ1) is 13.8. The molecule has 19 heavy (non-hydrogen) atoms. The first-order valence-corrected chi connectivity index (χ1v) is 7.39. The molecule has 0 spiro atoms. The maximum atomic E-state index is 11.8. The Bertz CT molecular complexity index is 504. The molecule has 1 amide bonds. The van der Waals surface area contributed by atoms with Crippen molar-refractivity contribution < 1.29 is 23.3 Å². The third-order valence-electron chi connectivity index (χ3n) is 3.00. The quantitative estimate of drug-likeness (QED) is 0.845. The second-order valence-electron chi connectivity index (χ2n) is 4.46. The van der Waals surface area contributed by atoms with E-state index in [9.17, 15) is 13.8 Å². The summed E-state index contributed by atoms with van der Waals surface area (Å²) in [5.41, 5.74) is 0. The topological polar surface area (TPSA) is 96.6 Å². The zero-order valence-electron chi connectivity index (χ0n) is 10.3. The molecule has 1 unspecified atom stereocenters. The Morgan fingerprint density at radius 2 is 2.05 bits per heavy atom. The standard InChI is InChI=1S/C12H15NO5S/c14-10(13-8-3-1-2-4-8)7-19(17)11-6-5-9(18-11)12(15)16/h5-6,8H,1-4,7H2,(H,13,14)(H,15,16). The number of aromatic carboxylic acids is 1. The Balaban J connectivity index is 1.88. The van der Waals surface area contributed by atoms with Crippen molar-refractivity contribution in [3.8, 4) is 0 Å². The minimum atomic E-state index is -1.65. The predicted octanol–water partition coefficient (Wildman–Crippen LogP) is 1.14. The number of carboxylic acid groups (broad SMARTS) is 1. The van der Waals surface area contributed by atoms with Crippen molar-refractivity contribution in [1.82, 2.24) is 5.32 Å². The number of hydrogen-bond donors (Lipinski definition) is 2. The Kier molecular flexibility index (Phi) is 4.36. The van der Waals surface area contributed by atoms with Gasteiger partial charge < -0.3 is 14.8 Å². The summed E-state index contributed by atoms with van der Waals surface area (Å²) in [4.78, 5) is 22.3. The summed E-state index contributed by atoms with van der Waals surface area (Å²) in [6.07, 6.45) is 4.13. The highest BCUT2D eigenvalue weighted by Crippen LogP contribution is 2.18. The van der Waals surface area contributed by atoms with Gasteiger partial charge in [-0.05, 0) is 25.0 Å². The summed E-state index contributed by atoms with van der Waals surface area (Å²) >= 11 is 0. The summed E-state index contributed by atoms with van der Waals surface area (Å²) in [5.74, 6) is -2.00. The second-order valence-corrected chi connectivity index (χ2v) is 5.84. The molecule has 0 radical (unpaired) electrons. The zero-order chi connectivity index (χ0) is 13.8. The van der Waals surface area contributed by atoms with Crippen molar-refractivity contribution in [2.45, 2.75) is 36.8 Å². The maximum absolute atomic E-state index is 11.8. The molecule has 2 rings (SSSR count). The van der Waals surface area contributed by atoms with Gasteiger partial charge in [0.05, 0.1) is 10.8 Å². The van der Waals surface area contributed by atoms with Crippen LogP contribution in [0.25, 0.3) is 0 Å². The van der Waals surface area contributed by atoms with E-state index in [-0.39, 0.29) is 28.6 Å². The monoisotopic (exact) mass is 285 g/mol. The van der Waals surface area contributed by atoms with Crippen LogP contribution in [-0.4, -0.2) is 33.0 Å². The Labute approximate surface area is 112 Å². The van der Waals surface area contributed by atoms with Gasteiger partial charge in [-0.25, -0.2) is 4.79 Å². The van der Waals surface area contributed by atoms with Gasteiger partial charge in [-0.1, -0.05) is 12.8 Å². The molecule has 0 saturated heterocycles. The van der Waals surface area contributed by atoms with E-state index in [1.165, 1.54) is 12.1 Å². The second kappa shape index (κ2) is 6.01. The summed E-state index contributed by atoms with van der Waals surface area (Å²) < 4.78 is 16.7.